The Labute approximate surface area is 153 Å². The molecule has 0 aromatic carbocycles. The van der Waals surface area contributed by atoms with E-state index in [2.05, 4.69) is 5.10 Å². The van der Waals surface area contributed by atoms with Gasteiger partial charge in [-0.3, -0.25) is 4.68 Å². The van der Waals surface area contributed by atoms with E-state index in [1.165, 1.54) is 0 Å². The summed E-state index contributed by atoms with van der Waals surface area (Å²) < 4.78 is 11.9. The maximum atomic E-state index is 12.1. The highest BCUT2D eigenvalue weighted by molar-refractivity contribution is 6.17. The molecular weight excluding hydrogens is 346 g/mol. The number of rotatable bonds is 4. The zero-order valence-electron chi connectivity index (χ0n) is 15.2. The van der Waals surface area contributed by atoms with Crippen LogP contribution in [0.1, 0.15) is 62.6 Å². The lowest BCUT2D eigenvalue weighted by molar-refractivity contribution is 0.0203. The number of carbonyl (C=O) groups excluding carboxylic acids is 2. The molecule has 2 heterocycles. The number of alkyl halides is 1. The first-order valence-electron chi connectivity index (χ1n) is 8.54. The highest BCUT2D eigenvalue weighted by Gasteiger charge is 2.29. The minimum atomic E-state index is -0.495. The van der Waals surface area contributed by atoms with Crippen molar-refractivity contribution in [2.45, 2.75) is 58.6 Å². The Kier molecular flexibility index (Phi) is 6.32. The van der Waals surface area contributed by atoms with Crippen LogP contribution in [-0.4, -0.2) is 51.5 Å². The molecule has 2 rings (SSSR count). The maximum absolute atomic E-state index is 12.1. The molecule has 1 amide bonds. The van der Waals surface area contributed by atoms with Gasteiger partial charge in [-0.15, -0.1) is 0 Å². The molecule has 140 valence electrons. The second kappa shape index (κ2) is 8.08. The van der Waals surface area contributed by atoms with Crippen LogP contribution in [-0.2, 0) is 16.0 Å². The van der Waals surface area contributed by atoms with Crippen molar-refractivity contribution in [3.05, 3.63) is 17.5 Å². The minimum absolute atomic E-state index is 0.183. The number of carbonyl (C=O) groups is 2. The van der Waals surface area contributed by atoms with Crippen LogP contribution in [0.3, 0.4) is 0 Å². The van der Waals surface area contributed by atoms with E-state index in [0.717, 1.165) is 18.5 Å². The average molecular weight is 372 g/mol. The monoisotopic (exact) mass is 371 g/mol. The normalized spacial score (nSPS) is 16.0. The summed E-state index contributed by atoms with van der Waals surface area (Å²) >= 11 is 5.47. The molecular formula is C17H26ClN3O4. The first-order chi connectivity index (χ1) is 11.7. The van der Waals surface area contributed by atoms with Gasteiger partial charge in [-0.05, 0) is 46.6 Å². The van der Waals surface area contributed by atoms with Crippen molar-refractivity contribution in [1.82, 2.24) is 14.7 Å². The standard InChI is InChI=1S/C17H26ClN3O4/c1-5-21-14(15(22)24-11-18)10-13(19-21)12-6-8-20(9-7-12)16(23)25-17(2,3)4/h10,12H,5-9,11H2,1-4H3. The number of likely N-dealkylation sites (tertiary alicyclic amines) is 1. The summed E-state index contributed by atoms with van der Waals surface area (Å²) in [7, 11) is 0. The number of halogens is 1. The van der Waals surface area contributed by atoms with Crippen LogP contribution in [0.15, 0.2) is 6.07 Å². The molecule has 1 aliphatic rings. The van der Waals surface area contributed by atoms with Gasteiger partial charge >= 0.3 is 12.1 Å². The van der Waals surface area contributed by atoms with Crippen LogP contribution in [0.5, 0.6) is 0 Å². The summed E-state index contributed by atoms with van der Waals surface area (Å²) in [5.74, 6) is -0.268. The Bertz CT molecular complexity index is 616. The zero-order valence-corrected chi connectivity index (χ0v) is 16.0. The van der Waals surface area contributed by atoms with Crippen molar-refractivity contribution in [1.29, 1.82) is 0 Å². The maximum Gasteiger partial charge on any atom is 0.410 e. The molecule has 0 aliphatic carbocycles. The SMILES string of the molecule is CCn1nc(C2CCN(C(=O)OC(C)(C)C)CC2)cc1C(=O)OCCl. The number of aromatic nitrogens is 2. The summed E-state index contributed by atoms with van der Waals surface area (Å²) in [6.45, 7) is 9.28. The largest absolute Gasteiger partial charge is 0.445 e. The number of piperidine rings is 1. The second-order valence-electron chi connectivity index (χ2n) is 7.05. The fourth-order valence-corrected chi connectivity index (χ4v) is 2.95. The molecule has 0 saturated carbocycles. The third-order valence-electron chi connectivity index (χ3n) is 4.06. The molecule has 0 atom stereocenters. The summed E-state index contributed by atoms with van der Waals surface area (Å²) in [5.41, 5.74) is 0.769. The van der Waals surface area contributed by atoms with Gasteiger partial charge in [0.2, 0.25) is 0 Å². The lowest BCUT2D eigenvalue weighted by atomic mass is 9.93. The van der Waals surface area contributed by atoms with Crippen LogP contribution in [0.25, 0.3) is 0 Å². The Hall–Kier alpha value is -1.76. The molecule has 0 radical (unpaired) electrons. The molecule has 25 heavy (non-hydrogen) atoms. The van der Waals surface area contributed by atoms with Gasteiger partial charge < -0.3 is 14.4 Å². The highest BCUT2D eigenvalue weighted by atomic mass is 35.5. The van der Waals surface area contributed by atoms with E-state index in [9.17, 15) is 9.59 Å². The van der Waals surface area contributed by atoms with Crippen LogP contribution >= 0.6 is 11.6 Å². The quantitative estimate of drug-likeness (QED) is 0.599. The van der Waals surface area contributed by atoms with E-state index in [0.29, 0.717) is 25.3 Å². The van der Waals surface area contributed by atoms with Crippen LogP contribution < -0.4 is 0 Å². The van der Waals surface area contributed by atoms with Gasteiger partial charge in [-0.2, -0.15) is 5.10 Å². The highest BCUT2D eigenvalue weighted by Crippen LogP contribution is 2.28. The second-order valence-corrected chi connectivity index (χ2v) is 7.27. The predicted octanol–water partition coefficient (Wildman–Crippen LogP) is 3.37. The molecule has 0 spiro atoms. The molecule has 1 fully saturated rings. The summed E-state index contributed by atoms with van der Waals surface area (Å²) in [5, 5.41) is 4.52. The topological polar surface area (TPSA) is 73.7 Å². The fraction of sp³-hybridized carbons (Fsp3) is 0.706. The summed E-state index contributed by atoms with van der Waals surface area (Å²) in [6, 6.07) is 1.59. The lowest BCUT2D eigenvalue weighted by Gasteiger charge is -2.32. The Morgan fingerprint density at radius 1 is 1.32 bits per heavy atom. The van der Waals surface area contributed by atoms with Gasteiger partial charge in [0.25, 0.3) is 0 Å². The molecule has 0 bridgehead atoms. The summed E-state index contributed by atoms with van der Waals surface area (Å²) in [4.78, 5) is 25.8. The molecule has 0 N–H and O–H groups in total. The number of amides is 1. The van der Waals surface area contributed by atoms with E-state index >= 15 is 0 Å². The van der Waals surface area contributed by atoms with E-state index in [1.54, 1.807) is 15.6 Å². The van der Waals surface area contributed by atoms with Crippen molar-refractivity contribution < 1.29 is 19.1 Å². The number of nitrogens with zero attached hydrogens (tertiary/aromatic N) is 3. The molecule has 1 saturated heterocycles. The first kappa shape index (κ1) is 19.6. The van der Waals surface area contributed by atoms with Crippen molar-refractivity contribution in [2.24, 2.45) is 0 Å². The van der Waals surface area contributed by atoms with Crippen molar-refractivity contribution in [3.8, 4) is 0 Å². The van der Waals surface area contributed by atoms with Gasteiger partial charge in [0, 0.05) is 25.6 Å². The molecule has 7 nitrogen and oxygen atoms in total. The number of hydrogen-bond donors (Lipinski definition) is 0. The Morgan fingerprint density at radius 3 is 2.48 bits per heavy atom. The minimum Gasteiger partial charge on any atom is -0.445 e. The van der Waals surface area contributed by atoms with Crippen LogP contribution in [0.2, 0.25) is 0 Å². The van der Waals surface area contributed by atoms with Gasteiger partial charge in [0.1, 0.15) is 11.3 Å². The van der Waals surface area contributed by atoms with Gasteiger partial charge in [0.15, 0.2) is 6.07 Å². The zero-order chi connectivity index (χ0) is 18.6. The Balaban J connectivity index is 2.01. The number of aryl methyl sites for hydroxylation is 1. The third-order valence-corrected chi connectivity index (χ3v) is 4.17. The first-order valence-corrected chi connectivity index (χ1v) is 9.07. The molecule has 0 unspecified atom stereocenters. The third kappa shape index (κ3) is 5.11. The van der Waals surface area contributed by atoms with E-state index in [4.69, 9.17) is 21.1 Å². The van der Waals surface area contributed by atoms with Crippen molar-refractivity contribution in [2.75, 3.05) is 19.2 Å². The van der Waals surface area contributed by atoms with Crippen molar-refractivity contribution >= 4 is 23.7 Å². The molecule has 1 aliphatic heterocycles. The molecule has 1 aromatic heterocycles. The predicted molar refractivity (Wildman–Crippen MR) is 93.8 cm³/mol. The molecule has 1 aromatic rings. The van der Waals surface area contributed by atoms with Crippen molar-refractivity contribution in [3.63, 3.8) is 0 Å². The van der Waals surface area contributed by atoms with Crippen LogP contribution in [0.4, 0.5) is 4.79 Å². The van der Waals surface area contributed by atoms with Gasteiger partial charge in [-0.1, -0.05) is 11.6 Å². The molecule has 8 heteroatoms. The van der Waals surface area contributed by atoms with E-state index in [1.807, 2.05) is 27.7 Å². The summed E-state index contributed by atoms with van der Waals surface area (Å²) in [6.07, 6.45) is 1.28. The fourth-order valence-electron chi connectivity index (χ4n) is 2.85. The van der Waals surface area contributed by atoms with E-state index < -0.39 is 11.6 Å². The van der Waals surface area contributed by atoms with Gasteiger partial charge in [-0.25, -0.2) is 9.59 Å². The number of hydrogen-bond acceptors (Lipinski definition) is 5. The smallest absolute Gasteiger partial charge is 0.410 e. The average Bonchev–Trinajstić information content (AvgIpc) is 2.98. The van der Waals surface area contributed by atoms with Crippen LogP contribution in [0, 0.1) is 0 Å². The Morgan fingerprint density at radius 2 is 1.96 bits per heavy atom. The number of esters is 1. The number of ether oxygens (including phenoxy) is 2. The van der Waals surface area contributed by atoms with E-state index in [-0.39, 0.29) is 18.1 Å². The van der Waals surface area contributed by atoms with Gasteiger partial charge in [0.05, 0.1) is 5.69 Å². The lowest BCUT2D eigenvalue weighted by Crippen LogP contribution is -2.41.